The molecule has 0 saturated carbocycles. The molecule has 4 aromatic carbocycles. The lowest BCUT2D eigenvalue weighted by atomic mass is 9.86. The van der Waals surface area contributed by atoms with E-state index in [9.17, 15) is 33.9 Å². The monoisotopic (exact) mass is 1740 g/mol. The summed E-state index contributed by atoms with van der Waals surface area (Å²) in [5.74, 6) is -0.607. The van der Waals surface area contributed by atoms with Crippen molar-refractivity contribution in [3.63, 3.8) is 0 Å². The molecule has 0 aliphatic carbocycles. The summed E-state index contributed by atoms with van der Waals surface area (Å²) in [4.78, 5) is 105. The van der Waals surface area contributed by atoms with Crippen LogP contribution in [0.1, 0.15) is 145 Å². The normalized spacial score (nSPS) is 14.3. The van der Waals surface area contributed by atoms with Gasteiger partial charge in [-0.15, -0.1) is 45.3 Å². The number of nitrogens with one attached hydrogen (secondary N) is 4. The van der Waals surface area contributed by atoms with Crippen molar-refractivity contribution in [2.24, 2.45) is 11.7 Å². The molecule has 0 radical (unpaired) electrons. The molecule has 2 saturated heterocycles. The van der Waals surface area contributed by atoms with Gasteiger partial charge < -0.3 is 65.6 Å². The van der Waals surface area contributed by atoms with Crippen LogP contribution in [0.25, 0.3) is 0 Å². The molecule has 24 nitrogen and oxygen atoms in total. The van der Waals surface area contributed by atoms with Crippen molar-refractivity contribution in [2.45, 2.75) is 174 Å². The molecule has 6 N–H and O–H groups in total. The molecule has 0 unspecified atom stereocenters. The fourth-order valence-electron chi connectivity index (χ4n) is 12.4. The first kappa shape index (κ1) is 95.6. The summed E-state index contributed by atoms with van der Waals surface area (Å²) in [5.41, 5.74) is 16.1. The van der Waals surface area contributed by atoms with Gasteiger partial charge in [-0.1, -0.05) is 179 Å². The summed E-state index contributed by atoms with van der Waals surface area (Å²) in [6, 6.07) is 38.1. The van der Waals surface area contributed by atoms with Gasteiger partial charge in [0.25, 0.3) is 0 Å². The largest absolute Gasteiger partial charge is 0.548 e. The Balaban J connectivity index is 0.000000326. The first-order chi connectivity index (χ1) is 53.8. The minimum Gasteiger partial charge on any atom is -0.548 e. The molecule has 2 fully saturated rings. The van der Waals surface area contributed by atoms with Gasteiger partial charge in [-0.3, -0.25) is 24.6 Å². The van der Waals surface area contributed by atoms with E-state index in [1.165, 1.54) is 38.7 Å². The van der Waals surface area contributed by atoms with Crippen LogP contribution in [0, 0.1) is 13.3 Å². The number of carboxylic acids is 1. The minimum absolute atomic E-state index is 0. The molecule has 6 heterocycles. The number of amides is 6. The maximum atomic E-state index is 14.3. The number of hydrogen-bond donors (Lipinski definition) is 5. The van der Waals surface area contributed by atoms with Gasteiger partial charge in [-0.25, -0.2) is 29.1 Å². The maximum absolute atomic E-state index is 14.3. The van der Waals surface area contributed by atoms with Crippen LogP contribution in [0.3, 0.4) is 0 Å². The Labute approximate surface area is 699 Å². The highest BCUT2D eigenvalue weighted by atomic mass is 127. The number of nitrogens with two attached hydrogens (primary N) is 1. The van der Waals surface area contributed by atoms with Crippen molar-refractivity contribution in [3.8, 4) is 0 Å². The molecule has 6 atom stereocenters. The van der Waals surface area contributed by atoms with Gasteiger partial charge >= 0.3 is 24.2 Å². The number of alkyl carbamates (subject to hydrolysis) is 2. The van der Waals surface area contributed by atoms with E-state index in [-0.39, 0.29) is 63.9 Å². The number of nitrogens with zero attached hydrogens (tertiary/aromatic N) is 8. The molecular formula is C84H118IN13O11S4. The number of urea groups is 2. The van der Waals surface area contributed by atoms with E-state index in [1.54, 1.807) is 65.1 Å². The Bertz CT molecular complexity index is 3900. The number of ether oxygens (including phenoxy) is 4. The molecule has 113 heavy (non-hydrogen) atoms. The lowest BCUT2D eigenvalue weighted by Gasteiger charge is -2.29. The standard InChI is InChI=1S/C41H54N6O5S2.C23H27N3O2S.C17H28N4O4S.CH3I.CH4.CH3/c1-30(2)39-43-35(28-53-39)26-46(3)40(49)45-37(16-17-47-18-20-51-21-19-47)38(48)24-33(22-31-10-6-4-7-11-31)14-15-34(23-32-12-8-5-9-13-32)44-41(50)52-27-36-25-42-29-54-36;24-20(13-18-7-3-1-4-8-18)11-12-21(14-19-9-5-2-6-10-19)26-23(27)28-16-22-15-25-17-29-22;1-12(2)15-18-13(11-26-15)10-20(3)17(24)19-14(16(22)23)4-5-21-6-8-25-9-7-21;1-2;;/h4-13,25,28-30,33-34,37H,14-24,26-27H2,1-3H3,(H,44,50)(H,45,49);1-10,15,17,20-21H,11-14,16,24H2,(H,26,27);11-12,14H,4-10H2,1-3H3,(H,19,24)(H,22,23);1H3;1H4;1H3/q;;;;;+1/p-1/t33-,34-,37+;20-,21-;14-;;;/m110.../s1. The number of benzene rings is 4. The molecular weight excluding hydrogens is 1620 g/mol. The molecule has 4 aromatic heterocycles. The highest BCUT2D eigenvalue weighted by molar-refractivity contribution is 14.1. The van der Waals surface area contributed by atoms with Gasteiger partial charge in [-0.05, 0) is 97.3 Å². The summed E-state index contributed by atoms with van der Waals surface area (Å²) in [6.45, 7) is 16.5. The highest BCUT2D eigenvalue weighted by Gasteiger charge is 2.29. The van der Waals surface area contributed by atoms with E-state index in [0.29, 0.717) is 109 Å². The fourth-order valence-corrected chi connectivity index (χ4v) is 15.1. The third-order valence-corrected chi connectivity index (χ3v) is 22.4. The number of carboxylic acid groups (broad SMARTS) is 1. The maximum Gasteiger partial charge on any atom is 0.407 e. The number of rotatable bonds is 38. The first-order valence-electron chi connectivity index (χ1n) is 37.9. The van der Waals surface area contributed by atoms with Crippen LogP contribution in [0.5, 0.6) is 0 Å². The lowest BCUT2D eigenvalue weighted by Crippen LogP contribution is -2.52. The second-order valence-electron chi connectivity index (χ2n) is 28.2. The summed E-state index contributed by atoms with van der Waals surface area (Å²) in [5, 5.41) is 29.1. The Morgan fingerprint density at radius 1 is 0.531 bits per heavy atom. The summed E-state index contributed by atoms with van der Waals surface area (Å²) >= 11 is 8.23. The summed E-state index contributed by atoms with van der Waals surface area (Å²) in [7, 11) is 3.37. The smallest absolute Gasteiger partial charge is 0.407 e. The number of hydrogen-bond acceptors (Lipinski definition) is 22. The van der Waals surface area contributed by atoms with Crippen LogP contribution in [0.4, 0.5) is 19.2 Å². The van der Waals surface area contributed by atoms with Crippen molar-refractivity contribution >= 4 is 104 Å². The van der Waals surface area contributed by atoms with Gasteiger partial charge in [0.15, 0.2) is 5.78 Å². The van der Waals surface area contributed by atoms with E-state index in [0.717, 1.165) is 94.1 Å². The Kier molecular flexibility index (Phi) is 45.7. The predicted octanol–water partition coefficient (Wildman–Crippen LogP) is 13.8. The van der Waals surface area contributed by atoms with Gasteiger partial charge in [0.1, 0.15) is 13.2 Å². The summed E-state index contributed by atoms with van der Waals surface area (Å²) in [6.07, 6.45) is 9.48. The third-order valence-electron chi connectivity index (χ3n) is 18.5. The van der Waals surface area contributed by atoms with Crippen LogP contribution in [0.2, 0.25) is 0 Å². The van der Waals surface area contributed by atoms with E-state index >= 15 is 0 Å². The molecule has 616 valence electrons. The van der Waals surface area contributed by atoms with Crippen molar-refractivity contribution in [1.82, 2.24) is 60.8 Å². The van der Waals surface area contributed by atoms with Crippen molar-refractivity contribution in [3.05, 3.63) is 216 Å². The van der Waals surface area contributed by atoms with Gasteiger partial charge in [-0.2, -0.15) is 0 Å². The number of aliphatic carboxylic acids is 1. The van der Waals surface area contributed by atoms with Crippen LogP contribution in [-0.4, -0.2) is 190 Å². The number of alkyl halides is 1. The molecule has 6 amide bonds. The second-order valence-corrected chi connectivity index (χ2v) is 31.9. The van der Waals surface area contributed by atoms with Gasteiger partial charge in [0.05, 0.1) is 99.7 Å². The second kappa shape index (κ2) is 54.0. The zero-order valence-corrected chi connectivity index (χ0v) is 71.4. The van der Waals surface area contributed by atoms with Gasteiger partial charge in [0, 0.05) is 120 Å². The number of aromatic nitrogens is 4. The fraction of sp³-hybridized carbons (Fsp3) is 0.488. The minimum atomic E-state index is -1.27. The Hall–Kier alpha value is -7.98. The SMILES string of the molecule is C.CC(C)c1nc(CN(C)C(=O)N[C@@H](CCN2CCOCC2)C(=O)C[C@H](CC[C@H](Cc2ccccc2)NC(=O)OCc2cncs2)Cc2ccccc2)cs1.CC(C)c1nc(CN(C)C(=O)N[C@@H](CCN2CCOCC2)C(=O)[O-])cs1.CI.N[C@H](CC[C@H](Cc1ccccc1)NC(=O)OCc1cncs1)Cc1ccccc1.[CH3+]. The molecule has 2 aliphatic rings. The lowest BCUT2D eigenvalue weighted by molar-refractivity contribution is -0.308. The Morgan fingerprint density at radius 3 is 1.29 bits per heavy atom. The van der Waals surface area contributed by atoms with Crippen LogP contribution < -0.4 is 32.1 Å². The quantitative estimate of drug-likeness (QED) is 0.0136. The number of halogens is 1. The predicted molar refractivity (Wildman–Crippen MR) is 460 cm³/mol. The number of ketones is 1. The molecule has 2 aliphatic heterocycles. The average molecular weight is 1740 g/mol. The third kappa shape index (κ3) is 37.5. The van der Waals surface area contributed by atoms with Crippen molar-refractivity contribution in [2.75, 3.05) is 84.7 Å². The van der Waals surface area contributed by atoms with Crippen molar-refractivity contribution < 1.29 is 52.8 Å². The van der Waals surface area contributed by atoms with E-state index in [1.807, 2.05) is 88.5 Å². The number of Topliss-reactive ketones (excluding diaryl/α,β-unsaturated/α-hetero) is 1. The zero-order chi connectivity index (χ0) is 79.5. The molecule has 10 rings (SSSR count). The topological polar surface area (TPSA) is 301 Å². The zero-order valence-electron chi connectivity index (χ0n) is 66.0. The number of morpholine rings is 2. The van der Waals surface area contributed by atoms with Crippen LogP contribution >= 0.6 is 67.9 Å². The average Bonchev–Trinajstić information content (AvgIpc) is 1.83. The van der Waals surface area contributed by atoms with Crippen molar-refractivity contribution in [1.29, 1.82) is 0 Å². The molecule has 29 heteroatoms. The number of carbonyl (C=O) groups is 6. The van der Waals surface area contributed by atoms with Gasteiger partial charge in [0.2, 0.25) is 0 Å². The van der Waals surface area contributed by atoms with Crippen LogP contribution in [0.15, 0.2) is 156 Å². The summed E-state index contributed by atoms with van der Waals surface area (Å²) < 4.78 is 21.7. The molecule has 0 bridgehead atoms. The molecule has 0 spiro atoms. The number of carbonyl (C=O) groups excluding carboxylic acids is 6. The van der Waals surface area contributed by atoms with E-state index in [4.69, 9.17) is 29.7 Å². The van der Waals surface area contributed by atoms with E-state index < -0.39 is 36.3 Å². The van der Waals surface area contributed by atoms with E-state index in [2.05, 4.69) is 145 Å². The highest BCUT2D eigenvalue weighted by Crippen LogP contribution is 2.25. The number of thiazole rings is 4. The Morgan fingerprint density at radius 2 is 0.912 bits per heavy atom. The molecule has 8 aromatic rings. The van der Waals surface area contributed by atoms with Crippen LogP contribution in [-0.2, 0) is 80.5 Å². The first-order valence-corrected chi connectivity index (χ1v) is 43.6.